The highest BCUT2D eigenvalue weighted by atomic mass is 79.9. The van der Waals surface area contributed by atoms with Gasteiger partial charge in [0.25, 0.3) is 0 Å². The van der Waals surface area contributed by atoms with Crippen molar-refractivity contribution in [2.75, 3.05) is 0 Å². The van der Waals surface area contributed by atoms with Crippen molar-refractivity contribution in [3.63, 3.8) is 0 Å². The number of pyridine rings is 1. The summed E-state index contributed by atoms with van der Waals surface area (Å²) in [5, 5.41) is 1.84. The fourth-order valence-corrected chi connectivity index (χ4v) is 2.68. The maximum Gasteiger partial charge on any atom is 0.120 e. The van der Waals surface area contributed by atoms with Crippen LogP contribution in [0.2, 0.25) is 0 Å². The van der Waals surface area contributed by atoms with Crippen LogP contribution in [-0.4, -0.2) is 15.0 Å². The normalized spacial score (nSPS) is 10.4. The van der Waals surface area contributed by atoms with Gasteiger partial charge < -0.3 is 0 Å². The predicted molar refractivity (Wildman–Crippen MR) is 67.6 cm³/mol. The Bertz CT molecular complexity index is 496. The zero-order valence-corrected chi connectivity index (χ0v) is 11.3. The molecule has 2 heterocycles. The molecule has 0 radical (unpaired) electrons. The minimum Gasteiger partial charge on any atom is -0.246 e. The zero-order valence-electron chi connectivity index (χ0n) is 8.94. The van der Waals surface area contributed by atoms with Crippen molar-refractivity contribution < 1.29 is 0 Å². The SMILES string of the molecule is Cc1cc(C)nc(Sc2ncncc2Br)c1. The third-order valence-corrected chi connectivity index (χ3v) is 3.69. The summed E-state index contributed by atoms with van der Waals surface area (Å²) in [4.78, 5) is 12.6. The Kier molecular flexibility index (Phi) is 3.56. The van der Waals surface area contributed by atoms with Gasteiger partial charge in [0, 0.05) is 11.9 Å². The smallest absolute Gasteiger partial charge is 0.120 e. The van der Waals surface area contributed by atoms with Gasteiger partial charge in [0.1, 0.15) is 16.4 Å². The van der Waals surface area contributed by atoms with E-state index in [-0.39, 0.29) is 0 Å². The predicted octanol–water partition coefficient (Wildman–Crippen LogP) is 3.40. The Morgan fingerprint density at radius 3 is 2.75 bits per heavy atom. The summed E-state index contributed by atoms with van der Waals surface area (Å²) in [6.07, 6.45) is 3.27. The minimum absolute atomic E-state index is 0.882. The van der Waals surface area contributed by atoms with Gasteiger partial charge in [-0.25, -0.2) is 15.0 Å². The third-order valence-electron chi connectivity index (χ3n) is 1.91. The molecule has 0 spiro atoms. The first-order chi connectivity index (χ1) is 7.65. The fraction of sp³-hybridized carbons (Fsp3) is 0.182. The molecule has 0 fully saturated rings. The summed E-state index contributed by atoms with van der Waals surface area (Å²) < 4.78 is 0.890. The van der Waals surface area contributed by atoms with E-state index in [4.69, 9.17) is 0 Å². The van der Waals surface area contributed by atoms with Gasteiger partial charge in [-0.1, -0.05) is 0 Å². The monoisotopic (exact) mass is 295 g/mol. The van der Waals surface area contributed by atoms with Gasteiger partial charge in [-0.3, -0.25) is 0 Å². The highest BCUT2D eigenvalue weighted by Gasteiger charge is 2.05. The first kappa shape index (κ1) is 11.5. The van der Waals surface area contributed by atoms with Crippen LogP contribution in [0.15, 0.2) is 39.2 Å². The molecule has 0 N–H and O–H groups in total. The average Bonchev–Trinajstić information content (AvgIpc) is 2.20. The molecule has 0 amide bonds. The van der Waals surface area contributed by atoms with E-state index < -0.39 is 0 Å². The van der Waals surface area contributed by atoms with Crippen LogP contribution in [-0.2, 0) is 0 Å². The number of hydrogen-bond donors (Lipinski definition) is 0. The highest BCUT2D eigenvalue weighted by molar-refractivity contribution is 9.10. The Hall–Kier alpha value is -0.940. The second-order valence-corrected chi connectivity index (χ2v) is 5.27. The summed E-state index contributed by atoms with van der Waals surface area (Å²) in [5.41, 5.74) is 2.23. The van der Waals surface area contributed by atoms with Crippen LogP contribution in [0.3, 0.4) is 0 Å². The molecule has 3 nitrogen and oxygen atoms in total. The first-order valence-electron chi connectivity index (χ1n) is 4.74. The average molecular weight is 296 g/mol. The van der Waals surface area contributed by atoms with E-state index in [1.807, 2.05) is 13.0 Å². The maximum absolute atomic E-state index is 4.45. The topological polar surface area (TPSA) is 38.7 Å². The lowest BCUT2D eigenvalue weighted by Crippen LogP contribution is -1.89. The van der Waals surface area contributed by atoms with Crippen molar-refractivity contribution >= 4 is 27.7 Å². The van der Waals surface area contributed by atoms with Crippen LogP contribution in [0.5, 0.6) is 0 Å². The van der Waals surface area contributed by atoms with Crippen molar-refractivity contribution in [3.8, 4) is 0 Å². The summed E-state index contributed by atoms with van der Waals surface area (Å²) in [7, 11) is 0. The van der Waals surface area contributed by atoms with E-state index in [0.29, 0.717) is 0 Å². The summed E-state index contributed by atoms with van der Waals surface area (Å²) in [5.74, 6) is 0. The number of halogens is 1. The number of nitrogens with zero attached hydrogens (tertiary/aromatic N) is 3. The third kappa shape index (κ3) is 2.80. The van der Waals surface area contributed by atoms with E-state index in [0.717, 1.165) is 20.2 Å². The molecule has 0 bridgehead atoms. The second kappa shape index (κ2) is 4.93. The molecule has 2 aromatic heterocycles. The van der Waals surface area contributed by atoms with Crippen LogP contribution in [0.25, 0.3) is 0 Å². The molecule has 0 aliphatic heterocycles. The molecule has 5 heteroatoms. The van der Waals surface area contributed by atoms with Gasteiger partial charge >= 0.3 is 0 Å². The fourth-order valence-electron chi connectivity index (χ4n) is 1.33. The molecule has 0 aliphatic rings. The largest absolute Gasteiger partial charge is 0.246 e. The lowest BCUT2D eigenvalue weighted by molar-refractivity contribution is 1.00. The molecular weight excluding hydrogens is 286 g/mol. The van der Waals surface area contributed by atoms with Crippen molar-refractivity contribution in [1.29, 1.82) is 0 Å². The number of aromatic nitrogens is 3. The Morgan fingerprint density at radius 1 is 1.25 bits per heavy atom. The summed E-state index contributed by atoms with van der Waals surface area (Å²) in [6.45, 7) is 4.06. The highest BCUT2D eigenvalue weighted by Crippen LogP contribution is 2.30. The molecule has 0 saturated carbocycles. The van der Waals surface area contributed by atoms with Gasteiger partial charge in [0.2, 0.25) is 0 Å². The molecular formula is C11H10BrN3S. The van der Waals surface area contributed by atoms with Crippen LogP contribution in [0.1, 0.15) is 11.3 Å². The quantitative estimate of drug-likeness (QED) is 0.796. The van der Waals surface area contributed by atoms with E-state index in [1.165, 1.54) is 23.7 Å². The lowest BCUT2D eigenvalue weighted by Gasteiger charge is -2.04. The molecule has 0 aromatic carbocycles. The van der Waals surface area contributed by atoms with Gasteiger partial charge in [-0.2, -0.15) is 0 Å². The van der Waals surface area contributed by atoms with Crippen LogP contribution in [0.4, 0.5) is 0 Å². The molecule has 0 aliphatic carbocycles. The zero-order chi connectivity index (χ0) is 11.5. The van der Waals surface area contributed by atoms with Crippen molar-refractivity contribution in [2.24, 2.45) is 0 Å². The van der Waals surface area contributed by atoms with Gasteiger partial charge in [0.05, 0.1) is 4.47 Å². The molecule has 2 aromatic rings. The van der Waals surface area contributed by atoms with Crippen molar-refractivity contribution in [3.05, 3.63) is 40.4 Å². The molecule has 82 valence electrons. The number of rotatable bonds is 2. The van der Waals surface area contributed by atoms with Crippen molar-refractivity contribution in [1.82, 2.24) is 15.0 Å². The second-order valence-electron chi connectivity index (χ2n) is 3.40. The minimum atomic E-state index is 0.882. The Morgan fingerprint density at radius 2 is 2.06 bits per heavy atom. The van der Waals surface area contributed by atoms with E-state index in [9.17, 15) is 0 Å². The maximum atomic E-state index is 4.45. The molecule has 0 unspecified atom stereocenters. The van der Waals surface area contributed by atoms with E-state index >= 15 is 0 Å². The van der Waals surface area contributed by atoms with Crippen LogP contribution < -0.4 is 0 Å². The van der Waals surface area contributed by atoms with E-state index in [2.05, 4.69) is 43.9 Å². The van der Waals surface area contributed by atoms with Crippen LogP contribution >= 0.6 is 27.7 Å². The Balaban J connectivity index is 2.30. The molecule has 2 rings (SSSR count). The van der Waals surface area contributed by atoms with Gasteiger partial charge in [0.15, 0.2) is 0 Å². The van der Waals surface area contributed by atoms with Gasteiger partial charge in [-0.05, 0) is 59.2 Å². The van der Waals surface area contributed by atoms with Crippen LogP contribution in [0, 0.1) is 13.8 Å². The Labute approximate surface area is 107 Å². The van der Waals surface area contributed by atoms with E-state index in [1.54, 1.807) is 6.20 Å². The number of hydrogen-bond acceptors (Lipinski definition) is 4. The molecule has 0 saturated heterocycles. The number of aryl methyl sites for hydroxylation is 2. The van der Waals surface area contributed by atoms with Crippen molar-refractivity contribution in [2.45, 2.75) is 23.9 Å². The lowest BCUT2D eigenvalue weighted by atomic mass is 10.3. The summed E-state index contributed by atoms with van der Waals surface area (Å²) in [6, 6.07) is 4.10. The molecule has 16 heavy (non-hydrogen) atoms. The van der Waals surface area contributed by atoms with Gasteiger partial charge in [-0.15, -0.1) is 0 Å². The molecule has 0 atom stereocenters. The first-order valence-corrected chi connectivity index (χ1v) is 6.35. The standard InChI is InChI=1S/C11H10BrN3S/c1-7-3-8(2)15-10(4-7)16-11-9(12)5-13-6-14-11/h3-6H,1-2H3. The summed E-state index contributed by atoms with van der Waals surface area (Å²) >= 11 is 4.95.